The molecule has 0 aliphatic rings. The summed E-state index contributed by atoms with van der Waals surface area (Å²) in [5, 5.41) is 13.6. The number of benzene rings is 1. The van der Waals surface area contributed by atoms with Crippen molar-refractivity contribution < 1.29 is 9.53 Å². The molecule has 1 heterocycles. The Hall–Kier alpha value is -2.32. The van der Waals surface area contributed by atoms with E-state index in [2.05, 4.69) is 5.10 Å². The van der Waals surface area contributed by atoms with Crippen molar-refractivity contribution in [3.8, 4) is 17.7 Å². The van der Waals surface area contributed by atoms with Crippen molar-refractivity contribution in [2.45, 2.75) is 26.8 Å². The molecule has 2 aromatic rings. The van der Waals surface area contributed by atoms with Crippen LogP contribution >= 0.6 is 11.6 Å². The molecule has 0 saturated carbocycles. The number of aromatic nitrogens is 2. The maximum Gasteiger partial charge on any atom is 0.221 e. The number of aryl methyl sites for hydroxylation is 1. The second-order valence-corrected chi connectivity index (χ2v) is 4.78. The van der Waals surface area contributed by atoms with E-state index in [4.69, 9.17) is 21.6 Å². The quantitative estimate of drug-likeness (QED) is 0.791. The Morgan fingerprint density at radius 2 is 2.19 bits per heavy atom. The first-order chi connectivity index (χ1) is 10.1. The van der Waals surface area contributed by atoms with Crippen LogP contribution in [0.25, 0.3) is 0 Å². The molecule has 1 aromatic carbocycles. The number of halogens is 1. The van der Waals surface area contributed by atoms with E-state index in [9.17, 15) is 4.79 Å². The number of nitrogens with zero attached hydrogens (tertiary/aromatic N) is 3. The van der Waals surface area contributed by atoms with E-state index in [1.165, 1.54) is 0 Å². The third-order valence-electron chi connectivity index (χ3n) is 3.01. The molecule has 0 radical (unpaired) electrons. The summed E-state index contributed by atoms with van der Waals surface area (Å²) in [6, 6.07) is 6.80. The van der Waals surface area contributed by atoms with Crippen molar-refractivity contribution in [3.05, 3.63) is 40.0 Å². The predicted octanol–water partition coefficient (Wildman–Crippen LogP) is 3.60. The highest BCUT2D eigenvalue weighted by atomic mass is 35.5. The molecule has 1 aromatic heterocycles. The zero-order valence-electron chi connectivity index (χ0n) is 11.8. The highest BCUT2D eigenvalue weighted by Gasteiger charge is 2.17. The molecular weight excluding hydrogens is 290 g/mol. The molecule has 0 aliphatic heterocycles. The number of hydrogen-bond donors (Lipinski definition) is 0. The maximum absolute atomic E-state index is 11.1. The van der Waals surface area contributed by atoms with Gasteiger partial charge in [0.05, 0.1) is 11.6 Å². The molecule has 0 atom stereocenters. The Labute approximate surface area is 127 Å². The smallest absolute Gasteiger partial charge is 0.221 e. The molecule has 0 aliphatic carbocycles. The van der Waals surface area contributed by atoms with E-state index in [1.807, 2.05) is 19.9 Å². The Balaban J connectivity index is 2.48. The molecule has 0 spiro atoms. The normalized spacial score (nSPS) is 10.2. The first-order valence-electron chi connectivity index (χ1n) is 6.56. The first kappa shape index (κ1) is 15.1. The minimum absolute atomic E-state index is 0.372. The fourth-order valence-corrected chi connectivity index (χ4v) is 2.28. The van der Waals surface area contributed by atoms with Crippen LogP contribution in [0.1, 0.15) is 35.5 Å². The van der Waals surface area contributed by atoms with Gasteiger partial charge in [0.25, 0.3) is 0 Å². The Bertz CT molecular complexity index is 716. The largest absolute Gasteiger partial charge is 0.439 e. The van der Waals surface area contributed by atoms with Crippen LogP contribution in [0.4, 0.5) is 0 Å². The number of rotatable bonds is 5. The zero-order valence-corrected chi connectivity index (χ0v) is 12.5. The molecule has 0 saturated heterocycles. The van der Waals surface area contributed by atoms with Gasteiger partial charge >= 0.3 is 0 Å². The molecule has 21 heavy (non-hydrogen) atoms. The molecule has 108 valence electrons. The van der Waals surface area contributed by atoms with Gasteiger partial charge < -0.3 is 4.74 Å². The lowest BCUT2D eigenvalue weighted by Gasteiger charge is -2.10. The summed E-state index contributed by atoms with van der Waals surface area (Å²) >= 11 is 5.97. The summed E-state index contributed by atoms with van der Waals surface area (Å²) in [7, 11) is 0. The fraction of sp³-hybridized carbons (Fsp3) is 0.267. The van der Waals surface area contributed by atoms with Crippen molar-refractivity contribution in [2.24, 2.45) is 0 Å². The van der Waals surface area contributed by atoms with Crippen molar-refractivity contribution in [1.29, 1.82) is 5.26 Å². The Morgan fingerprint density at radius 1 is 1.43 bits per heavy atom. The second-order valence-electron chi connectivity index (χ2n) is 4.35. The molecular formula is C15H14ClN3O2. The number of ether oxygens (including phenoxy) is 1. The van der Waals surface area contributed by atoms with Crippen LogP contribution in [0.5, 0.6) is 11.6 Å². The van der Waals surface area contributed by atoms with Gasteiger partial charge in [-0.25, -0.2) is 4.68 Å². The topological polar surface area (TPSA) is 67.9 Å². The maximum atomic E-state index is 11.1. The van der Waals surface area contributed by atoms with Gasteiger partial charge in [0.2, 0.25) is 5.88 Å². The number of nitriles is 1. The number of carbonyl (C=O) groups is 1. The van der Waals surface area contributed by atoms with Crippen molar-refractivity contribution in [3.63, 3.8) is 0 Å². The number of aldehydes is 1. The van der Waals surface area contributed by atoms with E-state index in [-0.39, 0.29) is 0 Å². The summed E-state index contributed by atoms with van der Waals surface area (Å²) in [5.41, 5.74) is 1.52. The van der Waals surface area contributed by atoms with E-state index in [0.717, 1.165) is 11.8 Å². The predicted molar refractivity (Wildman–Crippen MR) is 78.9 cm³/mol. The molecule has 5 nitrogen and oxygen atoms in total. The first-order valence-corrected chi connectivity index (χ1v) is 6.94. The molecule has 0 bridgehead atoms. The Morgan fingerprint density at radius 3 is 2.76 bits per heavy atom. The van der Waals surface area contributed by atoms with Gasteiger partial charge in [0, 0.05) is 17.1 Å². The van der Waals surface area contributed by atoms with Crippen LogP contribution in [-0.2, 0) is 13.0 Å². The molecule has 0 N–H and O–H groups in total. The minimum Gasteiger partial charge on any atom is -0.439 e. The molecule has 0 amide bonds. The summed E-state index contributed by atoms with van der Waals surface area (Å²) in [4.78, 5) is 11.1. The fourth-order valence-electron chi connectivity index (χ4n) is 2.05. The van der Waals surface area contributed by atoms with E-state index in [0.29, 0.717) is 40.9 Å². The third kappa shape index (κ3) is 3.06. The molecule has 0 fully saturated rings. The minimum atomic E-state index is 0.372. The van der Waals surface area contributed by atoms with E-state index < -0.39 is 0 Å². The van der Waals surface area contributed by atoms with Crippen molar-refractivity contribution in [1.82, 2.24) is 9.78 Å². The second kappa shape index (κ2) is 6.42. The zero-order chi connectivity index (χ0) is 15.4. The van der Waals surface area contributed by atoms with Gasteiger partial charge in [-0.1, -0.05) is 18.5 Å². The van der Waals surface area contributed by atoms with E-state index >= 15 is 0 Å². The molecule has 6 heteroatoms. The lowest BCUT2D eigenvalue weighted by atomic mass is 10.2. The summed E-state index contributed by atoms with van der Waals surface area (Å²) in [6.07, 6.45) is 1.34. The van der Waals surface area contributed by atoms with Gasteiger partial charge in [-0.15, -0.1) is 0 Å². The van der Waals surface area contributed by atoms with Gasteiger partial charge in [0.1, 0.15) is 11.4 Å². The van der Waals surface area contributed by atoms with Crippen LogP contribution < -0.4 is 4.74 Å². The molecule has 0 unspecified atom stereocenters. The standard InChI is InChI=1S/C15H14ClN3O2/c1-3-13-14(9-20)18-19(4-2)15(13)21-12-6-10(8-17)5-11(16)7-12/h5-7,9H,3-4H2,1-2H3. The van der Waals surface area contributed by atoms with Gasteiger partial charge in [0.15, 0.2) is 6.29 Å². The highest BCUT2D eigenvalue weighted by Crippen LogP contribution is 2.30. The monoisotopic (exact) mass is 303 g/mol. The van der Waals surface area contributed by atoms with Crippen LogP contribution in [0.2, 0.25) is 5.02 Å². The van der Waals surface area contributed by atoms with Crippen LogP contribution in [0.3, 0.4) is 0 Å². The average Bonchev–Trinajstić information content (AvgIpc) is 2.83. The number of carbonyl (C=O) groups excluding carboxylic acids is 1. The van der Waals surface area contributed by atoms with Gasteiger partial charge in [-0.2, -0.15) is 10.4 Å². The average molecular weight is 304 g/mol. The van der Waals surface area contributed by atoms with E-state index in [1.54, 1.807) is 22.9 Å². The van der Waals surface area contributed by atoms with Crippen LogP contribution in [0.15, 0.2) is 18.2 Å². The number of hydrogen-bond acceptors (Lipinski definition) is 4. The Kier molecular flexibility index (Phi) is 4.61. The molecule has 2 rings (SSSR count). The van der Waals surface area contributed by atoms with Crippen LogP contribution in [-0.4, -0.2) is 16.1 Å². The summed E-state index contributed by atoms with van der Waals surface area (Å²) < 4.78 is 7.45. The lowest BCUT2D eigenvalue weighted by molar-refractivity contribution is 0.111. The SMILES string of the molecule is CCc1c(C=O)nn(CC)c1Oc1cc(Cl)cc(C#N)c1. The summed E-state index contributed by atoms with van der Waals surface area (Å²) in [6.45, 7) is 4.41. The van der Waals surface area contributed by atoms with Gasteiger partial charge in [-0.3, -0.25) is 4.79 Å². The lowest BCUT2D eigenvalue weighted by Crippen LogP contribution is -2.01. The summed E-state index contributed by atoms with van der Waals surface area (Å²) in [5.74, 6) is 0.953. The highest BCUT2D eigenvalue weighted by molar-refractivity contribution is 6.30. The third-order valence-corrected chi connectivity index (χ3v) is 3.23. The van der Waals surface area contributed by atoms with Crippen LogP contribution in [0, 0.1) is 11.3 Å². The van der Waals surface area contributed by atoms with Gasteiger partial charge in [-0.05, 0) is 31.5 Å². The van der Waals surface area contributed by atoms with Crippen molar-refractivity contribution >= 4 is 17.9 Å². The van der Waals surface area contributed by atoms with Crippen molar-refractivity contribution in [2.75, 3.05) is 0 Å².